The van der Waals surface area contributed by atoms with Crippen molar-refractivity contribution in [3.63, 3.8) is 0 Å². The van der Waals surface area contributed by atoms with Crippen LogP contribution in [0.25, 0.3) is 10.6 Å². The second kappa shape index (κ2) is 5.07. The summed E-state index contributed by atoms with van der Waals surface area (Å²) in [4.78, 5) is 6.84. The van der Waals surface area contributed by atoms with Crippen molar-refractivity contribution in [2.24, 2.45) is 0 Å². The zero-order valence-electron chi connectivity index (χ0n) is 10.9. The van der Waals surface area contributed by atoms with Crippen molar-refractivity contribution in [2.45, 2.75) is 20.0 Å². The molecule has 3 rings (SSSR count). The Balaban J connectivity index is 1.98. The van der Waals surface area contributed by atoms with Crippen molar-refractivity contribution in [1.29, 1.82) is 0 Å². The van der Waals surface area contributed by atoms with Crippen LogP contribution in [0.2, 0.25) is 0 Å². The number of nitrogen functional groups attached to an aromatic ring is 1. The van der Waals surface area contributed by atoms with Crippen LogP contribution < -0.4 is 10.6 Å². The number of hydrogen-bond donors (Lipinski definition) is 1. The molecule has 2 aromatic rings. The molecule has 5 nitrogen and oxygen atoms in total. The third-order valence-corrected chi connectivity index (χ3v) is 4.96. The van der Waals surface area contributed by atoms with Crippen LogP contribution >= 0.6 is 22.9 Å². The molecule has 0 amide bonds. The van der Waals surface area contributed by atoms with E-state index in [1.54, 1.807) is 11.3 Å². The zero-order chi connectivity index (χ0) is 13.4. The molecule has 2 aromatic heterocycles. The third kappa shape index (κ3) is 2.45. The first-order valence-corrected chi connectivity index (χ1v) is 7.84. The van der Waals surface area contributed by atoms with E-state index in [-0.39, 0.29) is 6.10 Å². The SMILES string of the molecule is Cc1csc(-c2c(N)nsc2N2CCOC(C)C2)n1. The molecule has 0 aliphatic carbocycles. The summed E-state index contributed by atoms with van der Waals surface area (Å²) in [6, 6.07) is 0. The maximum Gasteiger partial charge on any atom is 0.149 e. The summed E-state index contributed by atoms with van der Waals surface area (Å²) >= 11 is 3.07. The second-order valence-corrected chi connectivity index (χ2v) is 6.28. The van der Waals surface area contributed by atoms with Crippen LogP contribution in [0.15, 0.2) is 5.38 Å². The molecule has 1 saturated heterocycles. The number of nitrogens with zero attached hydrogens (tertiary/aromatic N) is 3. The minimum Gasteiger partial charge on any atom is -0.382 e. The van der Waals surface area contributed by atoms with Gasteiger partial charge in [0, 0.05) is 24.2 Å². The smallest absolute Gasteiger partial charge is 0.149 e. The van der Waals surface area contributed by atoms with Crippen molar-refractivity contribution >= 4 is 33.7 Å². The van der Waals surface area contributed by atoms with Crippen LogP contribution in [0, 0.1) is 6.92 Å². The number of ether oxygens (including phenoxy) is 1. The van der Waals surface area contributed by atoms with Crippen LogP contribution in [0.1, 0.15) is 12.6 Å². The Morgan fingerprint density at radius 1 is 1.53 bits per heavy atom. The Bertz CT molecular complexity index is 580. The van der Waals surface area contributed by atoms with Crippen molar-refractivity contribution in [2.75, 3.05) is 30.3 Å². The van der Waals surface area contributed by atoms with E-state index < -0.39 is 0 Å². The number of thiazole rings is 1. The van der Waals surface area contributed by atoms with Gasteiger partial charge in [0.05, 0.1) is 18.3 Å². The highest BCUT2D eigenvalue weighted by Crippen LogP contribution is 2.41. The Kier molecular flexibility index (Phi) is 3.42. The first kappa shape index (κ1) is 12.8. The number of aromatic nitrogens is 2. The Hall–Kier alpha value is -1.18. The fourth-order valence-corrected chi connectivity index (χ4v) is 3.95. The highest BCUT2D eigenvalue weighted by Gasteiger charge is 2.25. The normalized spacial score (nSPS) is 19.9. The van der Waals surface area contributed by atoms with E-state index in [9.17, 15) is 0 Å². The maximum atomic E-state index is 6.03. The van der Waals surface area contributed by atoms with E-state index >= 15 is 0 Å². The summed E-state index contributed by atoms with van der Waals surface area (Å²) in [5.74, 6) is 0.577. The van der Waals surface area contributed by atoms with Gasteiger partial charge in [-0.3, -0.25) is 0 Å². The topological polar surface area (TPSA) is 64.3 Å². The van der Waals surface area contributed by atoms with Gasteiger partial charge in [-0.2, -0.15) is 4.37 Å². The molecule has 0 radical (unpaired) electrons. The standard InChI is InChI=1S/C12H16N4OS2/c1-7-6-18-11(14-7)9-10(13)15-19-12(9)16-3-4-17-8(2)5-16/h6,8H,3-5H2,1-2H3,(H2,13,15). The van der Waals surface area contributed by atoms with E-state index in [4.69, 9.17) is 10.5 Å². The van der Waals surface area contributed by atoms with Crippen molar-refractivity contribution in [3.8, 4) is 10.6 Å². The fourth-order valence-electron chi connectivity index (χ4n) is 2.18. The minimum absolute atomic E-state index is 0.239. The predicted octanol–water partition coefficient (Wildman–Crippen LogP) is 2.38. The van der Waals surface area contributed by atoms with E-state index in [0.717, 1.165) is 41.0 Å². The number of aryl methyl sites for hydroxylation is 1. The summed E-state index contributed by atoms with van der Waals surface area (Å²) in [7, 11) is 0. The molecule has 0 aromatic carbocycles. The average Bonchev–Trinajstić information content (AvgIpc) is 2.95. The Morgan fingerprint density at radius 3 is 3.05 bits per heavy atom. The van der Waals surface area contributed by atoms with Crippen LogP contribution in [0.4, 0.5) is 10.8 Å². The van der Waals surface area contributed by atoms with Gasteiger partial charge in [-0.05, 0) is 25.4 Å². The van der Waals surface area contributed by atoms with Crippen LogP contribution in [-0.4, -0.2) is 35.2 Å². The molecule has 1 atom stereocenters. The lowest BCUT2D eigenvalue weighted by molar-refractivity contribution is 0.0535. The molecule has 1 fully saturated rings. The summed E-state index contributed by atoms with van der Waals surface area (Å²) in [6.07, 6.45) is 0.239. The lowest BCUT2D eigenvalue weighted by Crippen LogP contribution is -2.40. The quantitative estimate of drug-likeness (QED) is 0.922. The number of hydrogen-bond acceptors (Lipinski definition) is 7. The molecule has 1 aliphatic rings. The van der Waals surface area contributed by atoms with Gasteiger partial charge < -0.3 is 15.4 Å². The van der Waals surface area contributed by atoms with E-state index in [2.05, 4.69) is 21.2 Å². The van der Waals surface area contributed by atoms with Gasteiger partial charge in [-0.1, -0.05) is 0 Å². The highest BCUT2D eigenvalue weighted by atomic mass is 32.1. The van der Waals surface area contributed by atoms with Crippen molar-refractivity contribution in [3.05, 3.63) is 11.1 Å². The summed E-state index contributed by atoms with van der Waals surface area (Å²) in [6.45, 7) is 6.58. The maximum absolute atomic E-state index is 6.03. The number of anilines is 2. The molecule has 1 unspecified atom stereocenters. The van der Waals surface area contributed by atoms with Crippen molar-refractivity contribution < 1.29 is 4.74 Å². The minimum atomic E-state index is 0.239. The molecule has 3 heterocycles. The van der Waals surface area contributed by atoms with Gasteiger partial charge >= 0.3 is 0 Å². The lowest BCUT2D eigenvalue weighted by atomic mass is 10.2. The molecule has 0 saturated carbocycles. The lowest BCUT2D eigenvalue weighted by Gasteiger charge is -2.32. The van der Waals surface area contributed by atoms with Crippen molar-refractivity contribution in [1.82, 2.24) is 9.36 Å². The van der Waals surface area contributed by atoms with E-state index in [1.165, 1.54) is 11.5 Å². The predicted molar refractivity (Wildman–Crippen MR) is 80.0 cm³/mol. The molecule has 7 heteroatoms. The van der Waals surface area contributed by atoms with Crippen LogP contribution in [-0.2, 0) is 4.74 Å². The van der Waals surface area contributed by atoms with Gasteiger partial charge in [-0.15, -0.1) is 11.3 Å². The van der Waals surface area contributed by atoms with Gasteiger partial charge in [0.2, 0.25) is 0 Å². The van der Waals surface area contributed by atoms with Gasteiger partial charge in [0.15, 0.2) is 0 Å². The third-order valence-electron chi connectivity index (χ3n) is 3.06. The van der Waals surface area contributed by atoms with Crippen LogP contribution in [0.5, 0.6) is 0 Å². The molecule has 102 valence electrons. The largest absolute Gasteiger partial charge is 0.382 e. The van der Waals surface area contributed by atoms with Gasteiger partial charge in [0.25, 0.3) is 0 Å². The molecule has 1 aliphatic heterocycles. The van der Waals surface area contributed by atoms with E-state index in [0.29, 0.717) is 5.82 Å². The molecule has 2 N–H and O–H groups in total. The summed E-state index contributed by atoms with van der Waals surface area (Å²) < 4.78 is 9.89. The highest BCUT2D eigenvalue weighted by molar-refractivity contribution is 7.15. The zero-order valence-corrected chi connectivity index (χ0v) is 12.6. The van der Waals surface area contributed by atoms with E-state index in [1.807, 2.05) is 12.3 Å². The van der Waals surface area contributed by atoms with Crippen LogP contribution in [0.3, 0.4) is 0 Å². The number of morpholine rings is 1. The summed E-state index contributed by atoms with van der Waals surface area (Å²) in [5, 5.41) is 4.11. The fraction of sp³-hybridized carbons (Fsp3) is 0.500. The van der Waals surface area contributed by atoms with Gasteiger partial charge in [-0.25, -0.2) is 4.98 Å². The monoisotopic (exact) mass is 296 g/mol. The Labute approximate surface area is 120 Å². The first-order chi connectivity index (χ1) is 9.15. The molecular formula is C12H16N4OS2. The molecular weight excluding hydrogens is 280 g/mol. The number of rotatable bonds is 2. The molecule has 0 bridgehead atoms. The average molecular weight is 296 g/mol. The second-order valence-electron chi connectivity index (χ2n) is 4.67. The summed E-state index contributed by atoms with van der Waals surface area (Å²) in [5.41, 5.74) is 8.04. The molecule has 19 heavy (non-hydrogen) atoms. The Morgan fingerprint density at radius 2 is 2.37 bits per heavy atom. The number of nitrogens with two attached hydrogens (primary N) is 1. The first-order valence-electron chi connectivity index (χ1n) is 6.19. The van der Waals surface area contributed by atoms with Gasteiger partial charge in [0.1, 0.15) is 15.8 Å². The molecule has 0 spiro atoms.